The molecule has 1 fully saturated rings. The van der Waals surface area contributed by atoms with Gasteiger partial charge in [0, 0.05) is 18.8 Å². The van der Waals surface area contributed by atoms with Crippen molar-refractivity contribution in [2.24, 2.45) is 17.6 Å². The predicted molar refractivity (Wildman–Crippen MR) is 51.0 cm³/mol. The fourth-order valence-corrected chi connectivity index (χ4v) is 1.79. The first-order valence-electron chi connectivity index (χ1n) is 4.91. The molecule has 0 aliphatic carbocycles. The highest BCUT2D eigenvalue weighted by Crippen LogP contribution is 2.30. The molecule has 0 spiro atoms. The first-order chi connectivity index (χ1) is 5.55. The van der Waals surface area contributed by atoms with Gasteiger partial charge in [0.05, 0.1) is 0 Å². The Bertz CT molecular complexity index is 137. The zero-order chi connectivity index (χ0) is 9.19. The lowest BCUT2D eigenvalue weighted by molar-refractivity contribution is 0.0313. The van der Waals surface area contributed by atoms with Crippen LogP contribution in [0.1, 0.15) is 33.6 Å². The van der Waals surface area contributed by atoms with Crippen molar-refractivity contribution in [3.05, 3.63) is 0 Å². The van der Waals surface area contributed by atoms with Gasteiger partial charge in [0.15, 0.2) is 0 Å². The van der Waals surface area contributed by atoms with Crippen LogP contribution in [-0.4, -0.2) is 18.8 Å². The molecular weight excluding hydrogens is 150 g/mol. The van der Waals surface area contributed by atoms with Crippen LogP contribution in [-0.2, 0) is 4.74 Å². The van der Waals surface area contributed by atoms with Crippen LogP contribution in [0.3, 0.4) is 0 Å². The Morgan fingerprint density at radius 3 is 2.25 bits per heavy atom. The van der Waals surface area contributed by atoms with Crippen molar-refractivity contribution in [3.63, 3.8) is 0 Å². The molecule has 1 saturated heterocycles. The second-order valence-electron chi connectivity index (χ2n) is 4.41. The van der Waals surface area contributed by atoms with Crippen LogP contribution in [0.15, 0.2) is 0 Å². The van der Waals surface area contributed by atoms with Crippen LogP contribution in [0.2, 0.25) is 0 Å². The largest absolute Gasteiger partial charge is 0.381 e. The van der Waals surface area contributed by atoms with Gasteiger partial charge < -0.3 is 10.5 Å². The van der Waals surface area contributed by atoms with E-state index < -0.39 is 0 Å². The van der Waals surface area contributed by atoms with Crippen LogP contribution < -0.4 is 5.73 Å². The zero-order valence-corrected chi connectivity index (χ0v) is 8.47. The lowest BCUT2D eigenvalue weighted by atomic mass is 9.74. The number of nitrogens with two attached hydrogens (primary N) is 1. The van der Waals surface area contributed by atoms with Gasteiger partial charge in [-0.1, -0.05) is 13.8 Å². The van der Waals surface area contributed by atoms with Gasteiger partial charge in [-0.05, 0) is 31.6 Å². The van der Waals surface area contributed by atoms with E-state index >= 15 is 0 Å². The van der Waals surface area contributed by atoms with Gasteiger partial charge in [0.25, 0.3) is 0 Å². The molecule has 2 N–H and O–H groups in total. The van der Waals surface area contributed by atoms with Gasteiger partial charge in [0.2, 0.25) is 0 Å². The van der Waals surface area contributed by atoms with Gasteiger partial charge in [-0.25, -0.2) is 0 Å². The van der Waals surface area contributed by atoms with E-state index in [1.54, 1.807) is 0 Å². The molecule has 0 aromatic heterocycles. The average Bonchev–Trinajstić information content (AvgIpc) is 2.06. The van der Waals surface area contributed by atoms with Crippen molar-refractivity contribution >= 4 is 0 Å². The van der Waals surface area contributed by atoms with Crippen molar-refractivity contribution in [2.45, 2.75) is 39.2 Å². The summed E-state index contributed by atoms with van der Waals surface area (Å²) < 4.78 is 5.32. The number of hydrogen-bond acceptors (Lipinski definition) is 2. The van der Waals surface area contributed by atoms with Crippen LogP contribution in [0, 0.1) is 11.8 Å². The monoisotopic (exact) mass is 171 g/mol. The van der Waals surface area contributed by atoms with E-state index in [4.69, 9.17) is 10.5 Å². The summed E-state index contributed by atoms with van der Waals surface area (Å²) in [7, 11) is 0. The highest BCUT2D eigenvalue weighted by atomic mass is 16.5. The fraction of sp³-hybridized carbons (Fsp3) is 1.00. The molecule has 0 aromatic carbocycles. The van der Waals surface area contributed by atoms with Gasteiger partial charge in [-0.2, -0.15) is 0 Å². The van der Waals surface area contributed by atoms with E-state index in [1.807, 2.05) is 0 Å². The molecule has 0 bridgehead atoms. The lowest BCUT2D eigenvalue weighted by Crippen LogP contribution is -2.50. The molecule has 1 aliphatic rings. The summed E-state index contributed by atoms with van der Waals surface area (Å²) in [5.74, 6) is 1.20. The molecule has 0 saturated carbocycles. The molecule has 2 nitrogen and oxygen atoms in total. The topological polar surface area (TPSA) is 35.2 Å². The molecule has 0 aromatic rings. The molecule has 1 heterocycles. The van der Waals surface area contributed by atoms with E-state index in [2.05, 4.69) is 20.8 Å². The van der Waals surface area contributed by atoms with Gasteiger partial charge in [-0.3, -0.25) is 0 Å². The predicted octanol–water partition coefficient (Wildman–Crippen LogP) is 1.79. The first kappa shape index (κ1) is 10.0. The SMILES string of the molecule is CC(C)C(C)(N)C1CCOCC1. The molecule has 1 aliphatic heterocycles. The Labute approximate surface area is 75.5 Å². The second-order valence-corrected chi connectivity index (χ2v) is 4.41. The highest BCUT2D eigenvalue weighted by molar-refractivity contribution is 4.90. The minimum atomic E-state index is -0.0101. The Morgan fingerprint density at radius 2 is 1.83 bits per heavy atom. The summed E-state index contributed by atoms with van der Waals surface area (Å²) in [6, 6.07) is 0. The summed E-state index contributed by atoms with van der Waals surface area (Å²) in [6.45, 7) is 8.37. The maximum absolute atomic E-state index is 6.28. The van der Waals surface area contributed by atoms with E-state index in [-0.39, 0.29) is 5.54 Å². The third-order valence-electron chi connectivity index (χ3n) is 3.34. The summed E-state index contributed by atoms with van der Waals surface area (Å²) in [4.78, 5) is 0. The third kappa shape index (κ3) is 1.99. The first-order valence-corrected chi connectivity index (χ1v) is 4.91. The summed E-state index contributed by atoms with van der Waals surface area (Å²) in [5.41, 5.74) is 6.27. The maximum atomic E-state index is 6.28. The van der Waals surface area contributed by atoms with Crippen LogP contribution in [0.25, 0.3) is 0 Å². The minimum Gasteiger partial charge on any atom is -0.381 e. The molecule has 72 valence electrons. The molecular formula is C10H21NO. The smallest absolute Gasteiger partial charge is 0.0469 e. The molecule has 1 rings (SSSR count). The summed E-state index contributed by atoms with van der Waals surface area (Å²) in [5, 5.41) is 0. The van der Waals surface area contributed by atoms with Crippen molar-refractivity contribution in [2.75, 3.05) is 13.2 Å². The molecule has 0 radical (unpaired) electrons. The Kier molecular flexibility index (Phi) is 3.13. The van der Waals surface area contributed by atoms with E-state index in [9.17, 15) is 0 Å². The summed E-state index contributed by atoms with van der Waals surface area (Å²) >= 11 is 0. The maximum Gasteiger partial charge on any atom is 0.0469 e. The molecule has 12 heavy (non-hydrogen) atoms. The van der Waals surface area contributed by atoms with Crippen LogP contribution in [0.5, 0.6) is 0 Å². The van der Waals surface area contributed by atoms with E-state index in [1.165, 1.54) is 0 Å². The van der Waals surface area contributed by atoms with Gasteiger partial charge >= 0.3 is 0 Å². The fourth-order valence-electron chi connectivity index (χ4n) is 1.79. The van der Waals surface area contributed by atoms with Crippen LogP contribution in [0.4, 0.5) is 0 Å². The number of hydrogen-bond donors (Lipinski definition) is 1. The van der Waals surface area contributed by atoms with Crippen molar-refractivity contribution in [3.8, 4) is 0 Å². The van der Waals surface area contributed by atoms with Crippen molar-refractivity contribution in [1.29, 1.82) is 0 Å². The van der Waals surface area contributed by atoms with E-state index in [0.717, 1.165) is 26.1 Å². The molecule has 0 amide bonds. The standard InChI is InChI=1S/C10H21NO/c1-8(2)10(3,11)9-4-6-12-7-5-9/h8-9H,4-7,11H2,1-3H3. The van der Waals surface area contributed by atoms with Crippen molar-refractivity contribution < 1.29 is 4.74 Å². The van der Waals surface area contributed by atoms with Crippen molar-refractivity contribution in [1.82, 2.24) is 0 Å². The normalized spacial score (nSPS) is 25.8. The lowest BCUT2D eigenvalue weighted by Gasteiger charge is -2.39. The zero-order valence-electron chi connectivity index (χ0n) is 8.47. The molecule has 2 heteroatoms. The van der Waals surface area contributed by atoms with Gasteiger partial charge in [-0.15, -0.1) is 0 Å². The third-order valence-corrected chi connectivity index (χ3v) is 3.34. The molecule has 1 atom stereocenters. The molecule has 1 unspecified atom stereocenters. The van der Waals surface area contributed by atoms with Crippen LogP contribution >= 0.6 is 0 Å². The second kappa shape index (κ2) is 3.75. The summed E-state index contributed by atoms with van der Waals surface area (Å²) in [6.07, 6.45) is 2.26. The highest BCUT2D eigenvalue weighted by Gasteiger charge is 2.33. The number of rotatable bonds is 2. The minimum absolute atomic E-state index is 0.0101. The Hall–Kier alpha value is -0.0800. The van der Waals surface area contributed by atoms with E-state index in [0.29, 0.717) is 11.8 Å². The Morgan fingerprint density at radius 1 is 1.33 bits per heavy atom. The van der Waals surface area contributed by atoms with Gasteiger partial charge in [0.1, 0.15) is 0 Å². The number of ether oxygens (including phenoxy) is 1. The quantitative estimate of drug-likeness (QED) is 0.687. The Balaban J connectivity index is 2.53. The average molecular weight is 171 g/mol.